The fourth-order valence-electron chi connectivity index (χ4n) is 1.81. The van der Waals surface area contributed by atoms with Crippen molar-refractivity contribution in [1.82, 2.24) is 5.32 Å². The molecule has 0 bridgehead atoms. The summed E-state index contributed by atoms with van der Waals surface area (Å²) in [4.78, 5) is 11.5. The standard InChI is InChI=1S/C14H22N2O/c1-2-12(13-7-4-3-5-8-13)11-16-14(17)9-6-10-15/h3-5,7-8,12H,2,6,9-11,15H2,1H3,(H,16,17). The number of carbonyl (C=O) groups is 1. The van der Waals surface area contributed by atoms with Gasteiger partial charge >= 0.3 is 0 Å². The summed E-state index contributed by atoms with van der Waals surface area (Å²) in [5.41, 5.74) is 6.66. The smallest absolute Gasteiger partial charge is 0.220 e. The van der Waals surface area contributed by atoms with Crippen LogP contribution in [0.4, 0.5) is 0 Å². The Morgan fingerprint density at radius 1 is 1.35 bits per heavy atom. The molecule has 3 heteroatoms. The Labute approximate surface area is 103 Å². The lowest BCUT2D eigenvalue weighted by atomic mass is 9.96. The molecule has 17 heavy (non-hydrogen) atoms. The third kappa shape index (κ3) is 5.00. The molecule has 0 radical (unpaired) electrons. The Morgan fingerprint density at radius 3 is 2.65 bits per heavy atom. The Balaban J connectivity index is 2.40. The quantitative estimate of drug-likeness (QED) is 0.758. The maximum Gasteiger partial charge on any atom is 0.220 e. The van der Waals surface area contributed by atoms with E-state index in [0.29, 0.717) is 25.4 Å². The zero-order chi connectivity index (χ0) is 12.5. The highest BCUT2D eigenvalue weighted by atomic mass is 16.1. The lowest BCUT2D eigenvalue weighted by Gasteiger charge is -2.16. The van der Waals surface area contributed by atoms with Gasteiger partial charge in [-0.25, -0.2) is 0 Å². The predicted molar refractivity (Wildman–Crippen MR) is 70.8 cm³/mol. The average molecular weight is 234 g/mol. The number of rotatable bonds is 7. The van der Waals surface area contributed by atoms with Crippen LogP contribution in [-0.2, 0) is 4.79 Å². The monoisotopic (exact) mass is 234 g/mol. The Bertz CT molecular complexity index is 324. The van der Waals surface area contributed by atoms with E-state index in [0.717, 1.165) is 12.8 Å². The molecule has 0 aliphatic rings. The first-order valence-corrected chi connectivity index (χ1v) is 6.29. The zero-order valence-corrected chi connectivity index (χ0v) is 10.5. The van der Waals surface area contributed by atoms with E-state index in [-0.39, 0.29) is 5.91 Å². The van der Waals surface area contributed by atoms with Crippen LogP contribution >= 0.6 is 0 Å². The van der Waals surface area contributed by atoms with Crippen LogP contribution in [0.2, 0.25) is 0 Å². The summed E-state index contributed by atoms with van der Waals surface area (Å²) in [7, 11) is 0. The maximum absolute atomic E-state index is 11.5. The van der Waals surface area contributed by atoms with Crippen LogP contribution in [0.25, 0.3) is 0 Å². The fourth-order valence-corrected chi connectivity index (χ4v) is 1.81. The van der Waals surface area contributed by atoms with Gasteiger partial charge in [0, 0.05) is 18.9 Å². The summed E-state index contributed by atoms with van der Waals surface area (Å²) in [5.74, 6) is 0.503. The van der Waals surface area contributed by atoms with Crippen molar-refractivity contribution >= 4 is 5.91 Å². The molecule has 94 valence electrons. The van der Waals surface area contributed by atoms with Crippen molar-refractivity contribution in [2.75, 3.05) is 13.1 Å². The van der Waals surface area contributed by atoms with E-state index in [4.69, 9.17) is 5.73 Å². The topological polar surface area (TPSA) is 55.1 Å². The SMILES string of the molecule is CCC(CNC(=O)CCCN)c1ccccc1. The summed E-state index contributed by atoms with van der Waals surface area (Å²) < 4.78 is 0. The summed E-state index contributed by atoms with van der Waals surface area (Å²) in [6.07, 6.45) is 2.32. The van der Waals surface area contributed by atoms with Crippen molar-refractivity contribution in [3.63, 3.8) is 0 Å². The van der Waals surface area contributed by atoms with Crippen molar-refractivity contribution in [2.24, 2.45) is 5.73 Å². The molecule has 0 spiro atoms. The van der Waals surface area contributed by atoms with Gasteiger partial charge < -0.3 is 11.1 Å². The molecule has 3 N–H and O–H groups in total. The number of nitrogens with one attached hydrogen (secondary N) is 1. The first-order chi connectivity index (χ1) is 8.27. The number of hydrogen-bond donors (Lipinski definition) is 2. The zero-order valence-electron chi connectivity index (χ0n) is 10.5. The highest BCUT2D eigenvalue weighted by molar-refractivity contribution is 5.75. The molecule has 0 saturated heterocycles. The van der Waals surface area contributed by atoms with Gasteiger partial charge in [0.15, 0.2) is 0 Å². The molecular formula is C14H22N2O. The highest BCUT2D eigenvalue weighted by Crippen LogP contribution is 2.17. The second-order valence-electron chi connectivity index (χ2n) is 4.21. The van der Waals surface area contributed by atoms with Gasteiger partial charge in [-0.05, 0) is 24.9 Å². The predicted octanol–water partition coefficient (Wildman–Crippen LogP) is 2.04. The maximum atomic E-state index is 11.5. The number of hydrogen-bond acceptors (Lipinski definition) is 2. The lowest BCUT2D eigenvalue weighted by molar-refractivity contribution is -0.121. The van der Waals surface area contributed by atoms with Gasteiger partial charge in [-0.1, -0.05) is 37.3 Å². The van der Waals surface area contributed by atoms with Gasteiger partial charge in [-0.15, -0.1) is 0 Å². The third-order valence-corrected chi connectivity index (χ3v) is 2.92. The van der Waals surface area contributed by atoms with E-state index < -0.39 is 0 Å². The highest BCUT2D eigenvalue weighted by Gasteiger charge is 2.10. The molecule has 0 aliphatic heterocycles. The summed E-state index contributed by atoms with van der Waals surface area (Å²) in [5, 5.41) is 2.97. The Morgan fingerprint density at radius 2 is 2.06 bits per heavy atom. The van der Waals surface area contributed by atoms with Crippen molar-refractivity contribution in [3.8, 4) is 0 Å². The van der Waals surface area contributed by atoms with Crippen molar-refractivity contribution in [1.29, 1.82) is 0 Å². The molecular weight excluding hydrogens is 212 g/mol. The molecule has 1 aromatic rings. The molecule has 1 rings (SSSR count). The average Bonchev–Trinajstić information content (AvgIpc) is 2.38. The second kappa shape index (κ2) is 7.85. The number of amides is 1. The van der Waals surface area contributed by atoms with Crippen LogP contribution in [-0.4, -0.2) is 19.0 Å². The molecule has 0 heterocycles. The van der Waals surface area contributed by atoms with E-state index in [9.17, 15) is 4.79 Å². The normalized spacial score (nSPS) is 12.1. The number of carbonyl (C=O) groups excluding carboxylic acids is 1. The molecule has 3 nitrogen and oxygen atoms in total. The van der Waals surface area contributed by atoms with Gasteiger partial charge in [0.05, 0.1) is 0 Å². The van der Waals surface area contributed by atoms with Crippen LogP contribution in [0.5, 0.6) is 0 Å². The fraction of sp³-hybridized carbons (Fsp3) is 0.500. The van der Waals surface area contributed by atoms with E-state index in [1.165, 1.54) is 5.56 Å². The first-order valence-electron chi connectivity index (χ1n) is 6.29. The van der Waals surface area contributed by atoms with Gasteiger partial charge in [0.25, 0.3) is 0 Å². The number of nitrogens with two attached hydrogens (primary N) is 1. The van der Waals surface area contributed by atoms with Crippen molar-refractivity contribution in [3.05, 3.63) is 35.9 Å². The van der Waals surface area contributed by atoms with Gasteiger partial charge in [-0.3, -0.25) is 4.79 Å². The van der Waals surface area contributed by atoms with Crippen LogP contribution < -0.4 is 11.1 Å². The first kappa shape index (κ1) is 13.7. The largest absolute Gasteiger partial charge is 0.355 e. The van der Waals surface area contributed by atoms with Crippen LogP contribution in [0.15, 0.2) is 30.3 Å². The van der Waals surface area contributed by atoms with E-state index in [1.807, 2.05) is 18.2 Å². The third-order valence-electron chi connectivity index (χ3n) is 2.92. The van der Waals surface area contributed by atoms with Gasteiger partial charge in [0.2, 0.25) is 5.91 Å². The molecule has 0 aliphatic carbocycles. The minimum atomic E-state index is 0.102. The Kier molecular flexibility index (Phi) is 6.33. The van der Waals surface area contributed by atoms with Crippen LogP contribution in [0.1, 0.15) is 37.7 Å². The molecule has 0 saturated carbocycles. The van der Waals surface area contributed by atoms with Gasteiger partial charge in [-0.2, -0.15) is 0 Å². The number of benzene rings is 1. The minimum absolute atomic E-state index is 0.102. The molecule has 1 unspecified atom stereocenters. The molecule has 0 fully saturated rings. The van der Waals surface area contributed by atoms with Crippen LogP contribution in [0.3, 0.4) is 0 Å². The minimum Gasteiger partial charge on any atom is -0.355 e. The van der Waals surface area contributed by atoms with E-state index >= 15 is 0 Å². The Hall–Kier alpha value is -1.35. The van der Waals surface area contributed by atoms with Gasteiger partial charge in [0.1, 0.15) is 0 Å². The van der Waals surface area contributed by atoms with Crippen LogP contribution in [0, 0.1) is 0 Å². The molecule has 0 aromatic heterocycles. The second-order valence-corrected chi connectivity index (χ2v) is 4.21. The molecule has 1 aromatic carbocycles. The van der Waals surface area contributed by atoms with E-state index in [1.54, 1.807) is 0 Å². The summed E-state index contributed by atoms with van der Waals surface area (Å²) >= 11 is 0. The molecule has 1 atom stereocenters. The van der Waals surface area contributed by atoms with E-state index in [2.05, 4.69) is 24.4 Å². The summed E-state index contributed by atoms with van der Waals surface area (Å²) in [6.45, 7) is 3.43. The van der Waals surface area contributed by atoms with Crippen molar-refractivity contribution < 1.29 is 4.79 Å². The summed E-state index contributed by atoms with van der Waals surface area (Å²) in [6, 6.07) is 10.3. The lowest BCUT2D eigenvalue weighted by Crippen LogP contribution is -2.28. The van der Waals surface area contributed by atoms with Crippen molar-refractivity contribution in [2.45, 2.75) is 32.1 Å². The molecule has 1 amide bonds.